The highest BCUT2D eigenvalue weighted by Crippen LogP contribution is 2.26. The molecule has 0 aliphatic heterocycles. The molecule has 0 radical (unpaired) electrons. The summed E-state index contributed by atoms with van der Waals surface area (Å²) in [7, 11) is 0. The molecule has 4 nitrogen and oxygen atoms in total. The summed E-state index contributed by atoms with van der Waals surface area (Å²) in [5.74, 6) is 0.633. The first-order valence-corrected chi connectivity index (χ1v) is 5.44. The van der Waals surface area contributed by atoms with Crippen molar-refractivity contribution in [1.82, 2.24) is 9.55 Å². The van der Waals surface area contributed by atoms with Crippen molar-refractivity contribution in [3.8, 4) is 0 Å². The topological polar surface area (TPSA) is 48.2 Å². The molecule has 0 unspecified atom stereocenters. The Balaban J connectivity index is 2.36. The lowest BCUT2D eigenvalue weighted by Gasteiger charge is -2.05. The number of aromatic nitrogens is 2. The van der Waals surface area contributed by atoms with E-state index in [-0.39, 0.29) is 5.82 Å². The normalized spacial score (nSPS) is 10.0. The predicted molar refractivity (Wildman–Crippen MR) is 66.1 cm³/mol. The van der Waals surface area contributed by atoms with Crippen LogP contribution in [0.4, 0.5) is 11.6 Å². The number of nitrogens with two attached hydrogens (primary N) is 1. The maximum atomic E-state index is 6.92. The Morgan fingerprint density at radius 2 is 2.06 bits per heavy atom. The van der Waals surface area contributed by atoms with E-state index in [9.17, 15) is 0 Å². The second kappa shape index (κ2) is 4.37. The van der Waals surface area contributed by atoms with Crippen molar-refractivity contribution in [2.24, 2.45) is 0 Å². The molecule has 2 aromatic rings. The van der Waals surface area contributed by atoms with E-state index in [2.05, 4.69) is 25.8 Å². The molecule has 0 saturated carbocycles. The number of benzene rings is 1. The zero-order chi connectivity index (χ0) is 11.5. The third kappa shape index (κ3) is 1.92. The van der Waals surface area contributed by atoms with Crippen molar-refractivity contribution in [2.45, 2.75) is 6.54 Å². The van der Waals surface area contributed by atoms with E-state index in [1.54, 1.807) is 4.57 Å². The summed E-state index contributed by atoms with van der Waals surface area (Å²) in [6, 6.07) is 9.89. The van der Waals surface area contributed by atoms with E-state index < -0.39 is 0 Å². The van der Waals surface area contributed by atoms with Crippen molar-refractivity contribution in [3.63, 3.8) is 0 Å². The fourth-order valence-corrected chi connectivity index (χ4v) is 1.91. The van der Waals surface area contributed by atoms with Gasteiger partial charge in [0.1, 0.15) is 5.82 Å². The lowest BCUT2D eigenvalue weighted by atomic mass is 10.2. The van der Waals surface area contributed by atoms with Crippen LogP contribution in [-0.4, -0.2) is 9.55 Å². The van der Waals surface area contributed by atoms with Gasteiger partial charge in [-0.1, -0.05) is 41.9 Å². The average Bonchev–Trinajstić information content (AvgIpc) is 2.58. The molecule has 5 heteroatoms. The van der Waals surface area contributed by atoms with Crippen LogP contribution < -0.4 is 5.73 Å². The predicted octanol–water partition coefficient (Wildman–Crippen LogP) is 2.83. The van der Waals surface area contributed by atoms with E-state index in [1.807, 2.05) is 30.3 Å². The van der Waals surface area contributed by atoms with Crippen LogP contribution in [0.15, 0.2) is 35.1 Å². The Morgan fingerprint density at radius 3 is 2.62 bits per heavy atom. The Kier molecular flexibility index (Phi) is 2.93. The molecule has 80 valence electrons. The van der Waals surface area contributed by atoms with Crippen LogP contribution in [0.5, 0.6) is 0 Å². The molecule has 16 heavy (non-hydrogen) atoms. The number of nitrogens with zero attached hydrogens (tertiary/aromatic N) is 3. The quantitative estimate of drug-likeness (QED) is 0.858. The lowest BCUT2D eigenvalue weighted by molar-refractivity contribution is 0.785. The van der Waals surface area contributed by atoms with Crippen molar-refractivity contribution < 1.29 is 0 Å². The molecule has 0 atom stereocenters. The van der Waals surface area contributed by atoms with Crippen LogP contribution >= 0.6 is 15.9 Å². The van der Waals surface area contributed by atoms with Crippen molar-refractivity contribution in [2.75, 3.05) is 5.73 Å². The number of hydrogen-bond acceptors (Lipinski definition) is 2. The van der Waals surface area contributed by atoms with Crippen LogP contribution in [0.25, 0.3) is 4.85 Å². The molecule has 0 bridgehead atoms. The third-order valence-corrected chi connectivity index (χ3v) is 2.84. The summed E-state index contributed by atoms with van der Waals surface area (Å²) >= 11 is 3.29. The van der Waals surface area contributed by atoms with E-state index in [0.717, 1.165) is 5.56 Å². The van der Waals surface area contributed by atoms with Gasteiger partial charge in [-0.3, -0.25) is 4.57 Å². The fraction of sp³-hybridized carbons (Fsp3) is 0.0909. The second-order valence-corrected chi connectivity index (χ2v) is 3.98. The summed E-state index contributed by atoms with van der Waals surface area (Å²) in [6.45, 7) is 7.53. The molecule has 2 N–H and O–H groups in total. The molecule has 0 spiro atoms. The second-order valence-electron chi connectivity index (χ2n) is 3.27. The fourth-order valence-electron chi connectivity index (χ4n) is 1.42. The molecular formula is C11H9BrN4. The number of anilines is 1. The van der Waals surface area contributed by atoms with E-state index >= 15 is 0 Å². The third-order valence-electron chi connectivity index (χ3n) is 2.23. The smallest absolute Gasteiger partial charge is 0.312 e. The Hall–Kier alpha value is -1.80. The van der Waals surface area contributed by atoms with Crippen LogP contribution in [-0.2, 0) is 6.54 Å². The average molecular weight is 277 g/mol. The van der Waals surface area contributed by atoms with E-state index in [1.165, 1.54) is 0 Å². The summed E-state index contributed by atoms with van der Waals surface area (Å²) in [5, 5.41) is 0. The zero-order valence-corrected chi connectivity index (χ0v) is 9.98. The molecule has 2 rings (SSSR count). The van der Waals surface area contributed by atoms with Gasteiger partial charge in [0.25, 0.3) is 4.73 Å². The number of imidazole rings is 1. The highest BCUT2D eigenvalue weighted by molar-refractivity contribution is 9.10. The van der Waals surface area contributed by atoms with Gasteiger partial charge in [0.15, 0.2) is 0 Å². The van der Waals surface area contributed by atoms with Gasteiger partial charge in [-0.2, -0.15) is 0 Å². The molecule has 1 heterocycles. The minimum absolute atomic E-state index is 0.239. The van der Waals surface area contributed by atoms with Crippen LogP contribution in [0.3, 0.4) is 0 Å². The van der Waals surface area contributed by atoms with E-state index in [4.69, 9.17) is 12.3 Å². The molecular weight excluding hydrogens is 268 g/mol. The molecule has 0 saturated heterocycles. The van der Waals surface area contributed by atoms with Gasteiger partial charge >= 0.3 is 5.82 Å². The largest absolute Gasteiger partial charge is 0.392 e. The summed E-state index contributed by atoms with van der Waals surface area (Å²) in [5.41, 5.74) is 6.93. The summed E-state index contributed by atoms with van der Waals surface area (Å²) in [4.78, 5) is 7.28. The molecule has 0 fully saturated rings. The Bertz CT molecular complexity index is 539. The van der Waals surface area contributed by atoms with Gasteiger partial charge in [0.2, 0.25) is 0 Å². The first kappa shape index (κ1) is 10.7. The first-order chi connectivity index (χ1) is 7.72. The van der Waals surface area contributed by atoms with Gasteiger partial charge in [-0.05, 0) is 5.56 Å². The monoisotopic (exact) mass is 276 g/mol. The SMILES string of the molecule is [C-]#[N+]c1nc(Br)n(Cc2ccccc2)c1N. The molecule has 0 amide bonds. The number of hydrogen-bond donors (Lipinski definition) is 1. The van der Waals surface area contributed by atoms with Gasteiger partial charge in [-0.25, -0.2) is 0 Å². The lowest BCUT2D eigenvalue weighted by Crippen LogP contribution is -2.04. The van der Waals surface area contributed by atoms with Crippen molar-refractivity contribution in [1.29, 1.82) is 0 Å². The van der Waals surface area contributed by atoms with Crippen LogP contribution in [0.1, 0.15) is 5.56 Å². The van der Waals surface area contributed by atoms with Crippen LogP contribution in [0, 0.1) is 6.57 Å². The van der Waals surface area contributed by atoms with Crippen molar-refractivity contribution in [3.05, 3.63) is 52.0 Å². The van der Waals surface area contributed by atoms with E-state index in [0.29, 0.717) is 17.1 Å². The standard InChI is InChI=1S/C11H9BrN4/c1-14-10-9(13)16(11(12)15-10)7-8-5-3-2-4-6-8/h2-6H,7,13H2. The molecule has 0 aliphatic carbocycles. The zero-order valence-electron chi connectivity index (χ0n) is 8.39. The van der Waals surface area contributed by atoms with Crippen LogP contribution in [0.2, 0.25) is 0 Å². The van der Waals surface area contributed by atoms with Crippen molar-refractivity contribution >= 4 is 27.6 Å². The molecule has 1 aromatic carbocycles. The Labute approximate surface area is 102 Å². The van der Waals surface area contributed by atoms with Gasteiger partial charge < -0.3 is 10.6 Å². The number of halogens is 1. The van der Waals surface area contributed by atoms with Gasteiger partial charge in [0.05, 0.1) is 6.54 Å². The maximum Gasteiger partial charge on any atom is 0.312 e. The summed E-state index contributed by atoms with van der Waals surface area (Å²) in [6.07, 6.45) is 0. The van der Waals surface area contributed by atoms with Gasteiger partial charge in [-0.15, -0.1) is 0 Å². The number of rotatable bonds is 2. The summed E-state index contributed by atoms with van der Waals surface area (Å²) < 4.78 is 2.35. The number of nitrogen functional groups attached to an aromatic ring is 1. The molecule has 1 aromatic heterocycles. The Morgan fingerprint density at radius 1 is 1.38 bits per heavy atom. The highest BCUT2D eigenvalue weighted by Gasteiger charge is 2.14. The van der Waals surface area contributed by atoms with Gasteiger partial charge in [0, 0.05) is 15.9 Å². The molecule has 0 aliphatic rings. The minimum Gasteiger partial charge on any atom is -0.392 e. The first-order valence-electron chi connectivity index (χ1n) is 4.65. The maximum absolute atomic E-state index is 6.92. The minimum atomic E-state index is 0.239. The highest BCUT2D eigenvalue weighted by atomic mass is 79.9.